The van der Waals surface area contributed by atoms with E-state index < -0.39 is 32.9 Å². The molecule has 1 aliphatic carbocycles. The lowest BCUT2D eigenvalue weighted by Crippen LogP contribution is -2.27. The molecule has 3 rings (SSSR count). The minimum absolute atomic E-state index is 0.00270. The average molecular weight is 398 g/mol. The minimum atomic E-state index is -4.01. The SMILES string of the molecule is NC(=O)c1cc(S(=O)(=O)c2ccc(F)cc2)sc1NC(=O)C1(CO)CC1. The summed E-state index contributed by atoms with van der Waals surface area (Å²) in [5, 5.41) is 11.8. The van der Waals surface area contributed by atoms with Gasteiger partial charge < -0.3 is 16.2 Å². The molecule has 0 unspecified atom stereocenters. The molecule has 0 radical (unpaired) electrons. The van der Waals surface area contributed by atoms with Crippen molar-refractivity contribution in [3.8, 4) is 0 Å². The summed E-state index contributed by atoms with van der Waals surface area (Å²) < 4.78 is 38.2. The number of carbonyl (C=O) groups is 2. The van der Waals surface area contributed by atoms with Gasteiger partial charge in [0, 0.05) is 0 Å². The van der Waals surface area contributed by atoms with Gasteiger partial charge >= 0.3 is 0 Å². The third kappa shape index (κ3) is 3.22. The van der Waals surface area contributed by atoms with Crippen LogP contribution in [0.15, 0.2) is 39.4 Å². The highest BCUT2D eigenvalue weighted by molar-refractivity contribution is 7.93. The van der Waals surface area contributed by atoms with E-state index >= 15 is 0 Å². The second-order valence-corrected chi connectivity index (χ2v) is 9.25. The lowest BCUT2D eigenvalue weighted by Gasteiger charge is -2.11. The molecular formula is C16H15FN2O5S2. The Morgan fingerprint density at radius 2 is 1.88 bits per heavy atom. The number of sulfone groups is 1. The van der Waals surface area contributed by atoms with Crippen LogP contribution in [0.2, 0.25) is 0 Å². The summed E-state index contributed by atoms with van der Waals surface area (Å²) in [5.41, 5.74) is 4.25. The number of rotatable bonds is 6. The van der Waals surface area contributed by atoms with Crippen molar-refractivity contribution >= 4 is 38.0 Å². The Morgan fingerprint density at radius 3 is 2.38 bits per heavy atom. The normalized spacial score (nSPS) is 15.5. The molecule has 1 saturated carbocycles. The molecule has 0 atom stereocenters. The fourth-order valence-electron chi connectivity index (χ4n) is 2.35. The summed E-state index contributed by atoms with van der Waals surface area (Å²) in [4.78, 5) is 23.8. The minimum Gasteiger partial charge on any atom is -0.395 e. The summed E-state index contributed by atoms with van der Waals surface area (Å²) in [6.45, 7) is -0.336. The first-order chi connectivity index (χ1) is 12.2. The number of nitrogens with one attached hydrogen (secondary N) is 1. The van der Waals surface area contributed by atoms with E-state index in [0.717, 1.165) is 30.3 Å². The first kappa shape index (κ1) is 18.5. The number of hydrogen-bond donors (Lipinski definition) is 3. The molecule has 1 aromatic carbocycles. The van der Waals surface area contributed by atoms with Crippen molar-refractivity contribution in [1.82, 2.24) is 0 Å². The zero-order chi connectivity index (χ0) is 19.1. The van der Waals surface area contributed by atoms with Gasteiger partial charge in [0.2, 0.25) is 15.7 Å². The molecule has 10 heteroatoms. The number of anilines is 1. The Labute approximate surface area is 152 Å². The average Bonchev–Trinajstić information content (AvgIpc) is 3.28. The Balaban J connectivity index is 1.98. The predicted molar refractivity (Wildman–Crippen MR) is 92.1 cm³/mol. The summed E-state index contributed by atoms with van der Waals surface area (Å²) >= 11 is 0.680. The first-order valence-electron chi connectivity index (χ1n) is 7.56. The quantitative estimate of drug-likeness (QED) is 0.636. The molecule has 138 valence electrons. The number of aliphatic hydroxyl groups is 1. The summed E-state index contributed by atoms with van der Waals surface area (Å²) in [7, 11) is -4.01. The second-order valence-electron chi connectivity index (χ2n) is 6.02. The van der Waals surface area contributed by atoms with E-state index in [0.29, 0.717) is 24.2 Å². The summed E-state index contributed by atoms with van der Waals surface area (Å²) in [5.74, 6) is -1.97. The van der Waals surface area contributed by atoms with E-state index in [1.807, 2.05) is 0 Å². The van der Waals surface area contributed by atoms with E-state index in [4.69, 9.17) is 5.73 Å². The van der Waals surface area contributed by atoms with Crippen LogP contribution in [0.4, 0.5) is 9.39 Å². The van der Waals surface area contributed by atoms with Crippen LogP contribution in [0.25, 0.3) is 0 Å². The number of benzene rings is 1. The molecule has 0 spiro atoms. The molecule has 2 aromatic rings. The highest BCUT2D eigenvalue weighted by Gasteiger charge is 2.49. The largest absolute Gasteiger partial charge is 0.395 e. The number of halogens is 1. The topological polar surface area (TPSA) is 127 Å². The number of amides is 2. The molecule has 0 bridgehead atoms. The molecule has 0 saturated heterocycles. The van der Waals surface area contributed by atoms with Gasteiger partial charge in [-0.05, 0) is 43.2 Å². The maximum atomic E-state index is 13.0. The van der Waals surface area contributed by atoms with Crippen LogP contribution in [-0.4, -0.2) is 31.9 Å². The third-order valence-electron chi connectivity index (χ3n) is 4.23. The molecule has 2 amide bonds. The van der Waals surface area contributed by atoms with Crippen molar-refractivity contribution in [2.75, 3.05) is 11.9 Å². The fourth-order valence-corrected chi connectivity index (χ4v) is 5.12. The van der Waals surface area contributed by atoms with Crippen LogP contribution >= 0.6 is 11.3 Å². The summed E-state index contributed by atoms with van der Waals surface area (Å²) in [6, 6.07) is 5.32. The molecule has 1 heterocycles. The number of carbonyl (C=O) groups excluding carboxylic acids is 2. The first-order valence-corrected chi connectivity index (χ1v) is 9.86. The van der Waals surface area contributed by atoms with Crippen LogP contribution in [-0.2, 0) is 14.6 Å². The molecule has 1 aliphatic rings. The summed E-state index contributed by atoms with van der Waals surface area (Å²) in [6.07, 6.45) is 1.01. The standard InChI is InChI=1S/C16H15FN2O5S2/c17-9-1-3-10(4-2-9)26(23,24)12-7-11(13(18)21)14(25-12)19-15(22)16(8-20)5-6-16/h1-4,7,20H,5-6,8H2,(H2,18,21)(H,19,22). The zero-order valence-corrected chi connectivity index (χ0v) is 15.0. The monoisotopic (exact) mass is 398 g/mol. The molecule has 7 nitrogen and oxygen atoms in total. The van der Waals surface area contributed by atoms with E-state index in [9.17, 15) is 27.5 Å². The van der Waals surface area contributed by atoms with E-state index in [1.54, 1.807) is 0 Å². The van der Waals surface area contributed by atoms with Crippen molar-refractivity contribution < 1.29 is 27.5 Å². The maximum absolute atomic E-state index is 13.0. The van der Waals surface area contributed by atoms with Crippen LogP contribution in [0.5, 0.6) is 0 Å². The number of aliphatic hydroxyl groups excluding tert-OH is 1. The van der Waals surface area contributed by atoms with Crippen LogP contribution in [0.3, 0.4) is 0 Å². The number of thiophene rings is 1. The van der Waals surface area contributed by atoms with Crippen molar-refractivity contribution in [2.24, 2.45) is 11.1 Å². The Morgan fingerprint density at radius 1 is 1.27 bits per heavy atom. The van der Waals surface area contributed by atoms with Gasteiger partial charge in [-0.1, -0.05) is 0 Å². The van der Waals surface area contributed by atoms with Crippen molar-refractivity contribution in [3.63, 3.8) is 0 Å². The van der Waals surface area contributed by atoms with Crippen molar-refractivity contribution in [2.45, 2.75) is 21.9 Å². The van der Waals surface area contributed by atoms with Crippen molar-refractivity contribution in [1.29, 1.82) is 0 Å². The van der Waals surface area contributed by atoms with Gasteiger partial charge in [-0.25, -0.2) is 12.8 Å². The number of primary amides is 1. The molecule has 1 fully saturated rings. The molecular weight excluding hydrogens is 383 g/mol. The Hall–Kier alpha value is -2.30. The van der Waals surface area contributed by atoms with Crippen LogP contribution < -0.4 is 11.1 Å². The smallest absolute Gasteiger partial charge is 0.251 e. The van der Waals surface area contributed by atoms with E-state index in [1.165, 1.54) is 0 Å². The van der Waals surface area contributed by atoms with Gasteiger partial charge in [-0.2, -0.15) is 0 Å². The molecule has 26 heavy (non-hydrogen) atoms. The van der Waals surface area contributed by atoms with Gasteiger partial charge in [-0.3, -0.25) is 9.59 Å². The zero-order valence-electron chi connectivity index (χ0n) is 13.4. The highest BCUT2D eigenvalue weighted by atomic mass is 32.2. The van der Waals surface area contributed by atoms with E-state index in [2.05, 4.69) is 5.32 Å². The predicted octanol–water partition coefficient (Wildman–Crippen LogP) is 1.53. The Bertz CT molecular complexity index is 979. The van der Waals surface area contributed by atoms with Crippen LogP contribution in [0, 0.1) is 11.2 Å². The van der Waals surface area contributed by atoms with Gasteiger partial charge in [-0.15, -0.1) is 11.3 Å². The van der Waals surface area contributed by atoms with Gasteiger partial charge in [0.25, 0.3) is 5.91 Å². The maximum Gasteiger partial charge on any atom is 0.251 e. The third-order valence-corrected chi connectivity index (χ3v) is 7.52. The second kappa shape index (κ2) is 6.45. The van der Waals surface area contributed by atoms with Crippen LogP contribution in [0.1, 0.15) is 23.2 Å². The number of hydrogen-bond acceptors (Lipinski definition) is 6. The van der Waals surface area contributed by atoms with Gasteiger partial charge in [0.05, 0.1) is 22.5 Å². The Kier molecular flexibility index (Phi) is 4.59. The fraction of sp³-hybridized carbons (Fsp3) is 0.250. The highest BCUT2D eigenvalue weighted by Crippen LogP contribution is 2.46. The number of nitrogens with two attached hydrogens (primary N) is 1. The van der Waals surface area contributed by atoms with E-state index in [-0.39, 0.29) is 26.3 Å². The van der Waals surface area contributed by atoms with Crippen molar-refractivity contribution in [3.05, 3.63) is 41.7 Å². The van der Waals surface area contributed by atoms with Gasteiger partial charge in [0.15, 0.2) is 0 Å². The lowest BCUT2D eigenvalue weighted by atomic mass is 10.1. The molecule has 0 aliphatic heterocycles. The van der Waals surface area contributed by atoms with Gasteiger partial charge in [0.1, 0.15) is 15.0 Å². The molecule has 4 N–H and O–H groups in total. The molecule has 1 aromatic heterocycles. The lowest BCUT2D eigenvalue weighted by molar-refractivity contribution is -0.122.